The van der Waals surface area contributed by atoms with Crippen molar-refractivity contribution in [2.75, 3.05) is 6.54 Å². The van der Waals surface area contributed by atoms with Crippen molar-refractivity contribution in [3.8, 4) is 0 Å². The van der Waals surface area contributed by atoms with Crippen molar-refractivity contribution >= 4 is 5.97 Å². The maximum Gasteiger partial charge on any atom is 0.317 e. The Morgan fingerprint density at radius 3 is 3.00 bits per heavy atom. The van der Waals surface area contributed by atoms with Crippen LogP contribution in [-0.2, 0) is 11.3 Å². The normalized spacial score (nSPS) is 9.92. The number of rotatable bonds is 4. The van der Waals surface area contributed by atoms with Gasteiger partial charge in [-0.25, -0.2) is 0 Å². The molecule has 4 heteroatoms. The first-order valence-electron chi connectivity index (χ1n) is 4.01. The Morgan fingerprint density at radius 1 is 1.62 bits per heavy atom. The van der Waals surface area contributed by atoms with Gasteiger partial charge in [0.1, 0.15) is 0 Å². The van der Waals surface area contributed by atoms with Gasteiger partial charge in [-0.05, 0) is 18.1 Å². The molecule has 0 aliphatic carbocycles. The van der Waals surface area contributed by atoms with Crippen LogP contribution in [-0.4, -0.2) is 22.6 Å². The Labute approximate surface area is 76.6 Å². The molecule has 1 aromatic rings. The summed E-state index contributed by atoms with van der Waals surface area (Å²) in [5, 5.41) is 11.2. The van der Waals surface area contributed by atoms with Gasteiger partial charge in [0.2, 0.25) is 0 Å². The minimum absolute atomic E-state index is 0.0199. The summed E-state index contributed by atoms with van der Waals surface area (Å²) in [6.45, 7) is 2.47. The second kappa shape index (κ2) is 4.57. The molecule has 0 spiro atoms. The zero-order valence-corrected chi connectivity index (χ0v) is 7.45. The fraction of sp³-hybridized carbons (Fsp3) is 0.333. The Hall–Kier alpha value is -1.42. The zero-order valence-electron chi connectivity index (χ0n) is 7.45. The van der Waals surface area contributed by atoms with Crippen LogP contribution in [0.4, 0.5) is 0 Å². The van der Waals surface area contributed by atoms with Crippen LogP contribution in [0.5, 0.6) is 0 Å². The number of pyridine rings is 1. The van der Waals surface area contributed by atoms with Crippen LogP contribution in [0, 0.1) is 6.92 Å². The smallest absolute Gasteiger partial charge is 0.317 e. The molecule has 4 nitrogen and oxygen atoms in total. The van der Waals surface area contributed by atoms with Gasteiger partial charge in [0, 0.05) is 18.9 Å². The van der Waals surface area contributed by atoms with Gasteiger partial charge in [0.25, 0.3) is 0 Å². The first kappa shape index (κ1) is 9.67. The second-order valence-corrected chi connectivity index (χ2v) is 2.87. The van der Waals surface area contributed by atoms with Gasteiger partial charge in [-0.1, -0.05) is 6.07 Å². The van der Waals surface area contributed by atoms with E-state index in [1.165, 1.54) is 0 Å². The number of nitrogens with one attached hydrogen (secondary N) is 1. The highest BCUT2D eigenvalue weighted by Crippen LogP contribution is 1.99. The summed E-state index contributed by atoms with van der Waals surface area (Å²) >= 11 is 0. The van der Waals surface area contributed by atoms with Crippen molar-refractivity contribution in [3.05, 3.63) is 29.6 Å². The average Bonchev–Trinajstić information content (AvgIpc) is 2.03. The molecule has 1 rings (SSSR count). The number of carboxylic acid groups (broad SMARTS) is 1. The number of hydrogen-bond donors (Lipinski definition) is 2. The van der Waals surface area contributed by atoms with E-state index in [4.69, 9.17) is 5.11 Å². The molecule has 0 fully saturated rings. The molecule has 1 heterocycles. The molecule has 0 saturated heterocycles. The van der Waals surface area contributed by atoms with E-state index in [0.717, 1.165) is 11.1 Å². The summed E-state index contributed by atoms with van der Waals surface area (Å²) in [6.07, 6.45) is 3.49. The van der Waals surface area contributed by atoms with Crippen molar-refractivity contribution in [1.82, 2.24) is 10.3 Å². The van der Waals surface area contributed by atoms with Crippen molar-refractivity contribution in [1.29, 1.82) is 0 Å². The minimum Gasteiger partial charge on any atom is -0.480 e. The van der Waals surface area contributed by atoms with Crippen LogP contribution in [0.3, 0.4) is 0 Å². The fourth-order valence-corrected chi connectivity index (χ4v) is 1.03. The summed E-state index contributed by atoms with van der Waals surface area (Å²) in [4.78, 5) is 14.2. The third-order valence-electron chi connectivity index (χ3n) is 1.54. The Bertz CT molecular complexity index is 299. The van der Waals surface area contributed by atoms with Gasteiger partial charge < -0.3 is 10.4 Å². The van der Waals surface area contributed by atoms with Crippen molar-refractivity contribution in [2.24, 2.45) is 0 Å². The van der Waals surface area contributed by atoms with Crippen LogP contribution in [0.25, 0.3) is 0 Å². The molecule has 13 heavy (non-hydrogen) atoms. The molecule has 0 saturated carbocycles. The topological polar surface area (TPSA) is 62.2 Å². The van der Waals surface area contributed by atoms with Crippen LogP contribution < -0.4 is 5.32 Å². The number of aromatic nitrogens is 1. The zero-order chi connectivity index (χ0) is 9.68. The van der Waals surface area contributed by atoms with Crippen LogP contribution in [0.1, 0.15) is 11.1 Å². The van der Waals surface area contributed by atoms with E-state index in [2.05, 4.69) is 10.3 Å². The molecular formula is C9H12N2O2. The maximum atomic E-state index is 10.2. The molecule has 70 valence electrons. The number of nitrogens with zero attached hydrogens (tertiary/aromatic N) is 1. The lowest BCUT2D eigenvalue weighted by Gasteiger charge is -2.01. The molecule has 0 unspecified atom stereocenters. The third kappa shape index (κ3) is 3.66. The van der Waals surface area contributed by atoms with Crippen LogP contribution in [0.15, 0.2) is 18.5 Å². The fourth-order valence-electron chi connectivity index (χ4n) is 1.03. The summed E-state index contributed by atoms with van der Waals surface area (Å²) in [5.41, 5.74) is 2.08. The lowest BCUT2D eigenvalue weighted by atomic mass is 10.2. The Kier molecular flexibility index (Phi) is 3.40. The maximum absolute atomic E-state index is 10.2. The largest absolute Gasteiger partial charge is 0.480 e. The van der Waals surface area contributed by atoms with Gasteiger partial charge in [-0.15, -0.1) is 0 Å². The van der Waals surface area contributed by atoms with Gasteiger partial charge in [-0.2, -0.15) is 0 Å². The number of carbonyl (C=O) groups is 1. The summed E-state index contributed by atoms with van der Waals surface area (Å²) < 4.78 is 0. The van der Waals surface area contributed by atoms with Crippen molar-refractivity contribution in [3.63, 3.8) is 0 Å². The van der Waals surface area contributed by atoms with E-state index in [0.29, 0.717) is 6.54 Å². The van der Waals surface area contributed by atoms with Crippen molar-refractivity contribution in [2.45, 2.75) is 13.5 Å². The van der Waals surface area contributed by atoms with Crippen molar-refractivity contribution < 1.29 is 9.90 Å². The molecule has 0 aromatic carbocycles. The van der Waals surface area contributed by atoms with E-state index >= 15 is 0 Å². The molecule has 2 N–H and O–H groups in total. The van der Waals surface area contributed by atoms with E-state index in [1.807, 2.05) is 13.0 Å². The van der Waals surface area contributed by atoms with Crippen LogP contribution >= 0.6 is 0 Å². The Balaban J connectivity index is 2.41. The number of aryl methyl sites for hydroxylation is 1. The first-order chi connectivity index (χ1) is 6.18. The predicted octanol–water partition coefficient (Wildman–Crippen LogP) is 0.564. The summed E-state index contributed by atoms with van der Waals surface area (Å²) in [6, 6.07) is 1.97. The Morgan fingerprint density at radius 2 is 2.38 bits per heavy atom. The summed E-state index contributed by atoms with van der Waals surface area (Å²) in [7, 11) is 0. The lowest BCUT2D eigenvalue weighted by molar-refractivity contribution is -0.135. The lowest BCUT2D eigenvalue weighted by Crippen LogP contribution is -2.21. The highest BCUT2D eigenvalue weighted by molar-refractivity contribution is 5.68. The monoisotopic (exact) mass is 180 g/mol. The molecule has 0 aliphatic rings. The van der Waals surface area contributed by atoms with Gasteiger partial charge in [0.05, 0.1) is 6.54 Å². The molecule has 0 aliphatic heterocycles. The number of aliphatic carboxylic acids is 1. The van der Waals surface area contributed by atoms with E-state index in [9.17, 15) is 4.79 Å². The number of hydrogen-bond acceptors (Lipinski definition) is 3. The van der Waals surface area contributed by atoms with E-state index < -0.39 is 5.97 Å². The molecule has 0 amide bonds. The van der Waals surface area contributed by atoms with E-state index in [1.54, 1.807) is 12.4 Å². The average molecular weight is 180 g/mol. The molecular weight excluding hydrogens is 168 g/mol. The highest BCUT2D eigenvalue weighted by atomic mass is 16.4. The predicted molar refractivity (Wildman–Crippen MR) is 48.3 cm³/mol. The molecule has 0 bridgehead atoms. The highest BCUT2D eigenvalue weighted by Gasteiger charge is 1.96. The standard InChI is InChI=1S/C9H12N2O2/c1-7-2-8(4-10-3-7)5-11-6-9(12)13/h2-4,11H,5-6H2,1H3,(H,12,13). The minimum atomic E-state index is -0.847. The quantitative estimate of drug-likeness (QED) is 0.710. The SMILES string of the molecule is Cc1cncc(CNCC(=O)O)c1. The van der Waals surface area contributed by atoms with Gasteiger partial charge in [-0.3, -0.25) is 9.78 Å². The van der Waals surface area contributed by atoms with Gasteiger partial charge >= 0.3 is 5.97 Å². The van der Waals surface area contributed by atoms with Crippen LogP contribution in [0.2, 0.25) is 0 Å². The molecule has 1 aromatic heterocycles. The number of carboxylic acids is 1. The third-order valence-corrected chi connectivity index (χ3v) is 1.54. The first-order valence-corrected chi connectivity index (χ1v) is 4.01. The molecule has 0 atom stereocenters. The van der Waals surface area contributed by atoms with Gasteiger partial charge in [0.15, 0.2) is 0 Å². The summed E-state index contributed by atoms with van der Waals surface area (Å²) in [5.74, 6) is -0.847. The second-order valence-electron chi connectivity index (χ2n) is 2.87. The van der Waals surface area contributed by atoms with E-state index in [-0.39, 0.29) is 6.54 Å². The molecule has 0 radical (unpaired) electrons.